The first-order valence-corrected chi connectivity index (χ1v) is 4.20. The highest BCUT2D eigenvalue weighted by Crippen LogP contribution is 2.08. The molecule has 2 rings (SSSR count). The van der Waals surface area contributed by atoms with Gasteiger partial charge < -0.3 is 5.11 Å². The minimum absolute atomic E-state index is 0.139. The van der Waals surface area contributed by atoms with Crippen molar-refractivity contribution in [1.29, 1.82) is 0 Å². The molecule has 0 atom stereocenters. The summed E-state index contributed by atoms with van der Waals surface area (Å²) in [6.07, 6.45) is 3.39. The first-order chi connectivity index (χ1) is 6.90. The van der Waals surface area contributed by atoms with E-state index in [0.29, 0.717) is 0 Å². The fraction of sp³-hybridized carbons (Fsp3) is 0.0909. The van der Waals surface area contributed by atoms with Crippen molar-refractivity contribution in [2.75, 3.05) is 6.61 Å². The van der Waals surface area contributed by atoms with Gasteiger partial charge in [-0.3, -0.25) is 9.97 Å². The molecule has 0 spiro atoms. The van der Waals surface area contributed by atoms with E-state index in [2.05, 4.69) is 21.8 Å². The summed E-state index contributed by atoms with van der Waals surface area (Å²) in [6.45, 7) is -0.139. The van der Waals surface area contributed by atoms with Crippen LogP contribution in [0.15, 0.2) is 30.6 Å². The second-order valence-corrected chi connectivity index (χ2v) is 2.73. The van der Waals surface area contributed by atoms with Gasteiger partial charge in [0.15, 0.2) is 0 Å². The van der Waals surface area contributed by atoms with Crippen LogP contribution in [0.5, 0.6) is 0 Å². The molecule has 0 saturated carbocycles. The predicted octanol–water partition coefficient (Wildman–Crippen LogP) is 0.974. The van der Waals surface area contributed by atoms with E-state index in [1.807, 2.05) is 18.2 Å². The lowest BCUT2D eigenvalue weighted by atomic mass is 10.2. The fourth-order valence-electron chi connectivity index (χ4n) is 1.16. The van der Waals surface area contributed by atoms with Crippen LogP contribution in [0.25, 0.3) is 11.0 Å². The van der Waals surface area contributed by atoms with Gasteiger partial charge in [0.2, 0.25) is 0 Å². The maximum absolute atomic E-state index is 8.53. The number of aromatic nitrogens is 2. The summed E-state index contributed by atoms with van der Waals surface area (Å²) in [5, 5.41) is 8.53. The molecule has 0 bridgehead atoms. The number of hydrogen-bond acceptors (Lipinski definition) is 3. The van der Waals surface area contributed by atoms with Crippen LogP contribution in [0.1, 0.15) is 5.56 Å². The molecule has 1 N–H and O–H groups in total. The molecule has 0 aliphatic heterocycles. The average Bonchev–Trinajstić information content (AvgIpc) is 2.26. The van der Waals surface area contributed by atoms with E-state index in [4.69, 9.17) is 5.11 Å². The monoisotopic (exact) mass is 184 g/mol. The van der Waals surface area contributed by atoms with Gasteiger partial charge in [0.05, 0.1) is 11.0 Å². The van der Waals surface area contributed by atoms with Gasteiger partial charge in [-0.1, -0.05) is 11.8 Å². The van der Waals surface area contributed by atoms with E-state index in [1.54, 1.807) is 12.4 Å². The van der Waals surface area contributed by atoms with E-state index < -0.39 is 0 Å². The molecule has 0 aliphatic rings. The van der Waals surface area contributed by atoms with Crippen molar-refractivity contribution in [3.63, 3.8) is 0 Å². The second-order valence-electron chi connectivity index (χ2n) is 2.73. The molecule has 68 valence electrons. The van der Waals surface area contributed by atoms with Crippen molar-refractivity contribution >= 4 is 11.0 Å². The molecule has 0 fully saturated rings. The van der Waals surface area contributed by atoms with Crippen molar-refractivity contribution in [1.82, 2.24) is 9.97 Å². The number of rotatable bonds is 0. The van der Waals surface area contributed by atoms with Crippen LogP contribution in [-0.2, 0) is 0 Å². The maximum Gasteiger partial charge on any atom is 0.104 e. The minimum Gasteiger partial charge on any atom is -0.384 e. The van der Waals surface area contributed by atoms with Crippen molar-refractivity contribution in [2.45, 2.75) is 0 Å². The van der Waals surface area contributed by atoms with Crippen LogP contribution in [0, 0.1) is 11.8 Å². The first-order valence-electron chi connectivity index (χ1n) is 4.20. The van der Waals surface area contributed by atoms with Gasteiger partial charge in [-0.2, -0.15) is 0 Å². The Morgan fingerprint density at radius 1 is 1.29 bits per heavy atom. The fourth-order valence-corrected chi connectivity index (χ4v) is 1.16. The SMILES string of the molecule is OCC#Cc1cnc2cccnc2c1. The van der Waals surface area contributed by atoms with Crippen molar-refractivity contribution in [3.05, 3.63) is 36.2 Å². The number of fused-ring (bicyclic) bond motifs is 1. The van der Waals surface area contributed by atoms with E-state index >= 15 is 0 Å². The highest BCUT2D eigenvalue weighted by molar-refractivity contribution is 5.74. The van der Waals surface area contributed by atoms with Crippen molar-refractivity contribution in [3.8, 4) is 11.8 Å². The molecule has 3 heteroatoms. The van der Waals surface area contributed by atoms with Gasteiger partial charge in [-0.25, -0.2) is 0 Å². The molecule has 0 radical (unpaired) electrons. The van der Waals surface area contributed by atoms with Crippen LogP contribution < -0.4 is 0 Å². The summed E-state index contributed by atoms with van der Waals surface area (Å²) >= 11 is 0. The van der Waals surface area contributed by atoms with Crippen molar-refractivity contribution < 1.29 is 5.11 Å². The lowest BCUT2D eigenvalue weighted by molar-refractivity contribution is 0.350. The zero-order chi connectivity index (χ0) is 9.80. The standard InChI is InChI=1S/C11H8N2O/c14-6-2-3-9-7-11-10(13-8-9)4-1-5-12-11/h1,4-5,7-8,14H,6H2. The predicted molar refractivity (Wildman–Crippen MR) is 53.5 cm³/mol. The van der Waals surface area contributed by atoms with Crippen LogP contribution in [0.2, 0.25) is 0 Å². The van der Waals surface area contributed by atoms with Gasteiger partial charge in [0.1, 0.15) is 6.61 Å². The van der Waals surface area contributed by atoms with Crippen LogP contribution in [0.4, 0.5) is 0 Å². The third-order valence-electron chi connectivity index (χ3n) is 1.76. The molecule has 3 nitrogen and oxygen atoms in total. The summed E-state index contributed by atoms with van der Waals surface area (Å²) < 4.78 is 0. The van der Waals surface area contributed by atoms with Gasteiger partial charge in [0, 0.05) is 18.0 Å². The number of aliphatic hydroxyl groups excluding tert-OH is 1. The zero-order valence-corrected chi connectivity index (χ0v) is 7.44. The zero-order valence-electron chi connectivity index (χ0n) is 7.44. The summed E-state index contributed by atoms with van der Waals surface area (Å²) in [4.78, 5) is 8.34. The van der Waals surface area contributed by atoms with Crippen LogP contribution >= 0.6 is 0 Å². The normalized spacial score (nSPS) is 9.50. The Kier molecular flexibility index (Phi) is 2.39. The lowest BCUT2D eigenvalue weighted by Gasteiger charge is -1.95. The van der Waals surface area contributed by atoms with E-state index in [9.17, 15) is 0 Å². The van der Waals surface area contributed by atoms with E-state index in [1.165, 1.54) is 0 Å². The summed E-state index contributed by atoms with van der Waals surface area (Å²) in [6, 6.07) is 5.59. The Morgan fingerprint density at radius 2 is 2.21 bits per heavy atom. The Labute approximate surface area is 81.4 Å². The van der Waals surface area contributed by atoms with Gasteiger partial charge in [0.25, 0.3) is 0 Å². The molecule has 2 aromatic heterocycles. The molecule has 0 amide bonds. The molecule has 2 heterocycles. The first kappa shape index (κ1) is 8.67. The number of nitrogens with zero attached hydrogens (tertiary/aromatic N) is 2. The molecule has 0 aliphatic carbocycles. The highest BCUT2D eigenvalue weighted by atomic mass is 16.2. The van der Waals surface area contributed by atoms with E-state index in [-0.39, 0.29) is 6.61 Å². The average molecular weight is 184 g/mol. The van der Waals surface area contributed by atoms with Crippen molar-refractivity contribution in [2.24, 2.45) is 0 Å². The molecule has 14 heavy (non-hydrogen) atoms. The Balaban J connectivity index is 2.51. The minimum atomic E-state index is -0.139. The Bertz CT molecular complexity index is 511. The van der Waals surface area contributed by atoms with E-state index in [0.717, 1.165) is 16.6 Å². The van der Waals surface area contributed by atoms with Gasteiger partial charge >= 0.3 is 0 Å². The van der Waals surface area contributed by atoms with Gasteiger partial charge in [-0.15, -0.1) is 0 Å². The summed E-state index contributed by atoms with van der Waals surface area (Å²) in [5.74, 6) is 5.35. The molecular weight excluding hydrogens is 176 g/mol. The topological polar surface area (TPSA) is 46.0 Å². The molecule has 0 aromatic carbocycles. The second kappa shape index (κ2) is 3.86. The van der Waals surface area contributed by atoms with Crippen LogP contribution in [0.3, 0.4) is 0 Å². The summed E-state index contributed by atoms with van der Waals surface area (Å²) in [5.41, 5.74) is 2.43. The third-order valence-corrected chi connectivity index (χ3v) is 1.76. The maximum atomic E-state index is 8.53. The number of aliphatic hydroxyl groups is 1. The summed E-state index contributed by atoms with van der Waals surface area (Å²) in [7, 11) is 0. The molecular formula is C11H8N2O. The largest absolute Gasteiger partial charge is 0.384 e. The number of hydrogen-bond donors (Lipinski definition) is 1. The smallest absolute Gasteiger partial charge is 0.104 e. The van der Waals surface area contributed by atoms with Crippen LogP contribution in [-0.4, -0.2) is 21.7 Å². The highest BCUT2D eigenvalue weighted by Gasteiger charge is 1.94. The molecule has 0 saturated heterocycles. The third kappa shape index (κ3) is 1.70. The Hall–Kier alpha value is -1.92. The number of pyridine rings is 2. The lowest BCUT2D eigenvalue weighted by Crippen LogP contribution is -1.84. The quantitative estimate of drug-likeness (QED) is 0.620. The van der Waals surface area contributed by atoms with Gasteiger partial charge in [-0.05, 0) is 18.2 Å². The Morgan fingerprint density at radius 3 is 3.07 bits per heavy atom. The molecule has 0 unspecified atom stereocenters. The molecule has 2 aromatic rings.